The molecule has 0 aliphatic heterocycles. The summed E-state index contributed by atoms with van der Waals surface area (Å²) in [5, 5.41) is 34.8. The summed E-state index contributed by atoms with van der Waals surface area (Å²) in [6.45, 7) is 11.4. The Kier molecular flexibility index (Phi) is 23.3. The van der Waals surface area contributed by atoms with Crippen molar-refractivity contribution < 1.29 is 42.6 Å². The lowest BCUT2D eigenvalue weighted by Crippen LogP contribution is -2.53. The van der Waals surface area contributed by atoms with E-state index < -0.39 is 58.1 Å². The number of nitrogens with one attached hydrogen (secondary N) is 4. The summed E-state index contributed by atoms with van der Waals surface area (Å²) >= 11 is 2.86. The van der Waals surface area contributed by atoms with Gasteiger partial charge in [-0.25, -0.2) is 13.1 Å². The van der Waals surface area contributed by atoms with Crippen molar-refractivity contribution in [3.05, 3.63) is 84.9 Å². The lowest BCUT2D eigenvalue weighted by atomic mass is 9.70. The zero-order chi connectivity index (χ0) is 53.4. The van der Waals surface area contributed by atoms with E-state index in [0.29, 0.717) is 43.3 Å². The third kappa shape index (κ3) is 18.8. The van der Waals surface area contributed by atoms with Crippen LogP contribution in [0.5, 0.6) is 0 Å². The molecule has 396 valence electrons. The van der Waals surface area contributed by atoms with E-state index in [-0.39, 0.29) is 46.9 Å². The molecule has 12 atom stereocenters. The van der Waals surface area contributed by atoms with Crippen molar-refractivity contribution >= 4 is 92.1 Å². The largest absolute Gasteiger partial charge is 0.391 e. The monoisotopic (exact) mass is 1060 g/mol. The van der Waals surface area contributed by atoms with Crippen LogP contribution in [0.25, 0.3) is 21.5 Å². The van der Waals surface area contributed by atoms with Crippen molar-refractivity contribution in [2.24, 2.45) is 35.5 Å². The topological polar surface area (TPSA) is 208 Å². The molecule has 6 rings (SSSR count). The first-order valence-electron chi connectivity index (χ1n) is 25.9. The fraction of sp³-hybridized carbons (Fsp3) is 0.554. The molecule has 0 saturated heterocycles. The number of hydrogen-bond donors (Lipinski definition) is 6. The van der Waals surface area contributed by atoms with Crippen LogP contribution in [-0.2, 0) is 29.2 Å². The van der Waals surface area contributed by atoms with Gasteiger partial charge < -0.3 is 26.2 Å². The maximum atomic E-state index is 13.2. The van der Waals surface area contributed by atoms with Gasteiger partial charge in [-0.1, -0.05) is 101 Å². The summed E-state index contributed by atoms with van der Waals surface area (Å²) in [5.74, 6) is 0.303. The Balaban J connectivity index is 0.000000271. The van der Waals surface area contributed by atoms with Crippen LogP contribution in [-0.4, -0.2) is 110 Å². The SMILES string of the molecule is CC[C@H](NC(=O)[C@@H](CSc1ccc2ccccc2c1)NS(C)(=O)=O)[C@H](O)CC1CCC(C)CC1C(C)=O.[B]C(=O)N[C@H](CSc1ccc2ccccc2c1)C(=O)N[C@@H](CC)[C@H](O)CC1CCC(C)CC1C(C)=O. The van der Waals surface area contributed by atoms with E-state index in [1.165, 1.54) is 23.5 Å². The van der Waals surface area contributed by atoms with Gasteiger partial charge >= 0.3 is 0 Å². The van der Waals surface area contributed by atoms with Crippen LogP contribution in [0.4, 0.5) is 4.79 Å². The molecule has 2 aliphatic rings. The maximum absolute atomic E-state index is 13.2. The zero-order valence-electron chi connectivity index (χ0n) is 43.6. The average molecular weight is 1060 g/mol. The van der Waals surface area contributed by atoms with E-state index >= 15 is 0 Å². The summed E-state index contributed by atoms with van der Waals surface area (Å²) < 4.78 is 26.5. The predicted molar refractivity (Wildman–Crippen MR) is 296 cm³/mol. The molecule has 13 nitrogen and oxygen atoms in total. The number of aliphatic hydroxyl groups is 2. The van der Waals surface area contributed by atoms with E-state index in [0.717, 1.165) is 76.1 Å². The number of benzene rings is 4. The van der Waals surface area contributed by atoms with Gasteiger partial charge in [-0.15, -0.1) is 23.5 Å². The minimum absolute atomic E-state index is 0.0424. The van der Waals surface area contributed by atoms with Gasteiger partial charge in [0, 0.05) is 33.1 Å². The van der Waals surface area contributed by atoms with Crippen molar-refractivity contribution in [2.45, 2.75) is 152 Å². The van der Waals surface area contributed by atoms with Crippen molar-refractivity contribution in [2.75, 3.05) is 17.8 Å². The van der Waals surface area contributed by atoms with Crippen molar-refractivity contribution in [1.82, 2.24) is 20.7 Å². The Hall–Kier alpha value is -4.26. The second-order valence-corrected chi connectivity index (χ2v) is 24.6. The normalized spacial score (nSPS) is 22.6. The molecule has 2 aliphatic carbocycles. The lowest BCUT2D eigenvalue weighted by molar-refractivity contribution is -0.126. The highest BCUT2D eigenvalue weighted by atomic mass is 32.2. The van der Waals surface area contributed by atoms with Crippen LogP contribution in [0.2, 0.25) is 0 Å². The van der Waals surface area contributed by atoms with Crippen molar-refractivity contribution in [1.29, 1.82) is 0 Å². The number of carbonyl (C=O) groups excluding carboxylic acids is 5. The summed E-state index contributed by atoms with van der Waals surface area (Å²) in [7, 11) is 1.72. The van der Waals surface area contributed by atoms with Gasteiger partial charge in [-0.2, -0.15) is 0 Å². The molecule has 4 aromatic rings. The molecule has 4 aromatic carbocycles. The number of carbonyl (C=O) groups is 5. The summed E-state index contributed by atoms with van der Waals surface area (Å²) in [6, 6.07) is 25.2. The highest BCUT2D eigenvalue weighted by Crippen LogP contribution is 2.39. The standard InChI is InChI=1S/C28H37BN2O4S.C28H40N2O5S2/c1-4-24(26(33)15-21-10-9-17(2)13-23(21)18(3)32)30-27(34)25(31-28(29)35)16-36-22-12-11-19-7-5-6-8-20(19)14-22;1-5-25(27(32)16-22-11-10-18(2)14-24(22)19(3)31)29-28(33)26(30-37(4,34)35)17-36-23-13-12-20-8-6-7-9-21(20)15-23/h5-8,11-12,14,17,21,23-26,33H,4,9-10,13,15-16H2,1-3H3,(H,30,34)(H,31,35);6-9,12-13,15,18,22,24-27,30,32H,5,10-11,14,16-17H2,1-4H3,(H,29,33)/t17?,21?,23?,24-,25+,26+;18?,22?,24?,25-,26+,27+/m00/s1. The number of ketones is 2. The summed E-state index contributed by atoms with van der Waals surface area (Å²) in [5.41, 5.74) is 0. The lowest BCUT2D eigenvalue weighted by Gasteiger charge is -2.36. The second kappa shape index (κ2) is 28.6. The Bertz CT molecular complexity index is 2600. The first-order chi connectivity index (χ1) is 34.6. The van der Waals surface area contributed by atoms with E-state index in [9.17, 15) is 42.6 Å². The molecule has 3 amide bonds. The molecule has 0 spiro atoms. The van der Waals surface area contributed by atoms with E-state index in [1.54, 1.807) is 13.8 Å². The van der Waals surface area contributed by atoms with E-state index in [1.807, 2.05) is 98.8 Å². The van der Waals surface area contributed by atoms with E-state index in [4.69, 9.17) is 7.85 Å². The van der Waals surface area contributed by atoms with Gasteiger partial charge in [-0.3, -0.25) is 24.0 Å². The first-order valence-corrected chi connectivity index (χ1v) is 29.7. The Morgan fingerprint density at radius 1 is 0.616 bits per heavy atom. The highest BCUT2D eigenvalue weighted by molar-refractivity contribution is 7.99. The van der Waals surface area contributed by atoms with E-state index in [2.05, 4.69) is 34.5 Å². The molecule has 0 heterocycles. The van der Waals surface area contributed by atoms with Crippen LogP contribution in [0.1, 0.15) is 106 Å². The number of Topliss-reactive ketones (excluding diaryl/α,β-unsaturated/α-hetero) is 2. The van der Waals surface area contributed by atoms with Gasteiger partial charge in [0.15, 0.2) is 5.81 Å². The van der Waals surface area contributed by atoms with Crippen LogP contribution in [0.15, 0.2) is 94.7 Å². The van der Waals surface area contributed by atoms with Crippen LogP contribution < -0.4 is 20.7 Å². The molecule has 73 heavy (non-hydrogen) atoms. The molecule has 2 fully saturated rings. The molecular weight excluding hydrogens is 980 g/mol. The zero-order valence-corrected chi connectivity index (χ0v) is 46.0. The molecule has 6 N–H and O–H groups in total. The number of amides is 3. The molecule has 2 radical (unpaired) electrons. The fourth-order valence-corrected chi connectivity index (χ4v) is 13.3. The minimum atomic E-state index is -3.64. The van der Waals surface area contributed by atoms with Gasteiger partial charge in [0.1, 0.15) is 23.7 Å². The molecule has 2 saturated carbocycles. The smallest absolute Gasteiger partial charge is 0.243 e. The summed E-state index contributed by atoms with van der Waals surface area (Å²) in [6.07, 6.45) is 6.91. The number of fused-ring (bicyclic) bond motifs is 2. The molecule has 0 aromatic heterocycles. The van der Waals surface area contributed by atoms with Crippen LogP contribution >= 0.6 is 23.5 Å². The molecule has 17 heteroatoms. The average Bonchev–Trinajstić information content (AvgIpc) is 3.35. The van der Waals surface area contributed by atoms with Crippen LogP contribution in [0.3, 0.4) is 0 Å². The summed E-state index contributed by atoms with van der Waals surface area (Å²) in [4.78, 5) is 64.3. The second-order valence-electron chi connectivity index (χ2n) is 20.6. The first kappa shape index (κ1) is 59.6. The quantitative estimate of drug-likeness (QED) is 0.0306. The van der Waals surface area contributed by atoms with Gasteiger partial charge in [0.05, 0.1) is 30.5 Å². The Morgan fingerprint density at radius 3 is 1.40 bits per heavy atom. The minimum Gasteiger partial charge on any atom is -0.391 e. The number of hydrogen-bond acceptors (Lipinski definition) is 11. The van der Waals surface area contributed by atoms with Gasteiger partial charge in [0.2, 0.25) is 29.7 Å². The number of thioether (sulfide) groups is 2. The third-order valence-corrected chi connectivity index (χ3v) is 17.6. The number of sulfonamides is 1. The Morgan fingerprint density at radius 2 is 1.01 bits per heavy atom. The van der Waals surface area contributed by atoms with Gasteiger partial charge in [0.25, 0.3) is 0 Å². The Labute approximate surface area is 443 Å². The third-order valence-electron chi connectivity index (χ3n) is 14.7. The fourth-order valence-electron chi connectivity index (χ4n) is 10.6. The predicted octanol–water partition coefficient (Wildman–Crippen LogP) is 8.60. The molecular formula is C56H77BN4O9S3. The highest BCUT2D eigenvalue weighted by Gasteiger charge is 2.37. The molecule has 0 bridgehead atoms. The number of aliphatic hydroxyl groups excluding tert-OH is 2. The van der Waals surface area contributed by atoms with Crippen molar-refractivity contribution in [3.63, 3.8) is 0 Å². The molecule has 6 unspecified atom stereocenters. The van der Waals surface area contributed by atoms with Gasteiger partial charge in [-0.05, 0) is 135 Å². The van der Waals surface area contributed by atoms with Crippen molar-refractivity contribution in [3.8, 4) is 0 Å². The number of rotatable bonds is 23. The maximum Gasteiger partial charge on any atom is 0.243 e. The van der Waals surface area contributed by atoms with Crippen LogP contribution in [0, 0.1) is 35.5 Å².